The van der Waals surface area contributed by atoms with Crippen LogP contribution in [0.5, 0.6) is 11.5 Å². The summed E-state index contributed by atoms with van der Waals surface area (Å²) in [7, 11) is 1.62. The highest BCUT2D eigenvalue weighted by molar-refractivity contribution is 7.14. The van der Waals surface area contributed by atoms with Crippen molar-refractivity contribution in [2.45, 2.75) is 13.0 Å². The number of benzene rings is 2. The average molecular weight is 389 g/mol. The Balaban J connectivity index is 1.62. The van der Waals surface area contributed by atoms with Crippen LogP contribution in [0.1, 0.15) is 6.92 Å². The molecule has 1 aromatic heterocycles. The van der Waals surface area contributed by atoms with Crippen LogP contribution in [0.25, 0.3) is 11.3 Å². The molecule has 26 heavy (non-hydrogen) atoms. The number of nitrogens with zero attached hydrogens (tertiary/aromatic N) is 1. The third-order valence-electron chi connectivity index (χ3n) is 3.62. The molecule has 1 heterocycles. The lowest BCUT2D eigenvalue weighted by Gasteiger charge is -2.13. The Bertz CT molecular complexity index is 879. The maximum atomic E-state index is 12.3. The largest absolute Gasteiger partial charge is 0.497 e. The molecular formula is C19H17ClN2O3S. The van der Waals surface area contributed by atoms with Crippen molar-refractivity contribution < 1.29 is 14.3 Å². The number of ether oxygens (including phenoxy) is 2. The molecule has 0 saturated heterocycles. The maximum Gasteiger partial charge on any atom is 0.266 e. The number of carbonyl (C=O) groups is 1. The molecule has 2 aromatic carbocycles. The summed E-state index contributed by atoms with van der Waals surface area (Å²) in [6, 6.07) is 14.4. The number of hydrogen-bond donors (Lipinski definition) is 1. The number of carbonyl (C=O) groups excluding carboxylic acids is 1. The van der Waals surface area contributed by atoms with Crippen molar-refractivity contribution in [3.63, 3.8) is 0 Å². The van der Waals surface area contributed by atoms with Gasteiger partial charge in [-0.3, -0.25) is 10.1 Å². The molecule has 0 bridgehead atoms. The highest BCUT2D eigenvalue weighted by Crippen LogP contribution is 2.26. The van der Waals surface area contributed by atoms with E-state index < -0.39 is 6.10 Å². The van der Waals surface area contributed by atoms with Gasteiger partial charge in [-0.25, -0.2) is 4.98 Å². The highest BCUT2D eigenvalue weighted by atomic mass is 35.5. The Labute approximate surface area is 160 Å². The van der Waals surface area contributed by atoms with E-state index in [1.54, 1.807) is 38.3 Å². The molecular weight excluding hydrogens is 372 g/mol. The fourth-order valence-electron chi connectivity index (χ4n) is 2.20. The number of anilines is 1. The van der Waals surface area contributed by atoms with Gasteiger partial charge in [0.25, 0.3) is 5.91 Å². The third kappa shape index (κ3) is 4.53. The number of hydrogen-bond acceptors (Lipinski definition) is 5. The first-order valence-corrected chi connectivity index (χ1v) is 9.14. The fraction of sp³-hybridized carbons (Fsp3) is 0.158. The van der Waals surface area contributed by atoms with Gasteiger partial charge in [-0.1, -0.05) is 11.6 Å². The van der Waals surface area contributed by atoms with Crippen LogP contribution in [0, 0.1) is 0 Å². The fourth-order valence-corrected chi connectivity index (χ4v) is 3.05. The minimum atomic E-state index is -0.662. The number of methoxy groups -OCH3 is 1. The summed E-state index contributed by atoms with van der Waals surface area (Å²) < 4.78 is 10.8. The van der Waals surface area contributed by atoms with Gasteiger partial charge in [0.2, 0.25) is 0 Å². The number of aromatic nitrogens is 1. The van der Waals surface area contributed by atoms with Crippen molar-refractivity contribution in [1.29, 1.82) is 0 Å². The Kier molecular flexibility index (Phi) is 5.75. The van der Waals surface area contributed by atoms with Crippen molar-refractivity contribution in [1.82, 2.24) is 4.98 Å². The molecule has 1 atom stereocenters. The van der Waals surface area contributed by atoms with Crippen molar-refractivity contribution >= 4 is 34.0 Å². The number of amides is 1. The number of rotatable bonds is 6. The van der Waals surface area contributed by atoms with Crippen LogP contribution in [-0.2, 0) is 4.79 Å². The zero-order valence-corrected chi connectivity index (χ0v) is 15.8. The molecule has 0 unspecified atom stereocenters. The van der Waals surface area contributed by atoms with Gasteiger partial charge >= 0.3 is 0 Å². The molecule has 3 rings (SSSR count). The van der Waals surface area contributed by atoms with Crippen LogP contribution in [-0.4, -0.2) is 24.1 Å². The Morgan fingerprint density at radius 3 is 2.42 bits per heavy atom. The first kappa shape index (κ1) is 18.2. The van der Waals surface area contributed by atoms with Crippen LogP contribution in [0.15, 0.2) is 53.9 Å². The van der Waals surface area contributed by atoms with Gasteiger partial charge in [0.15, 0.2) is 11.2 Å². The molecule has 0 aliphatic heterocycles. The first-order valence-electron chi connectivity index (χ1n) is 7.88. The number of thiazole rings is 1. The van der Waals surface area contributed by atoms with E-state index in [2.05, 4.69) is 10.3 Å². The second kappa shape index (κ2) is 8.21. The lowest BCUT2D eigenvalue weighted by Crippen LogP contribution is -2.30. The normalized spacial score (nSPS) is 11.7. The van der Waals surface area contributed by atoms with Crippen molar-refractivity contribution in [3.8, 4) is 22.8 Å². The third-order valence-corrected chi connectivity index (χ3v) is 4.63. The van der Waals surface area contributed by atoms with Gasteiger partial charge in [0.1, 0.15) is 11.5 Å². The van der Waals surface area contributed by atoms with Crippen molar-refractivity contribution in [2.75, 3.05) is 12.4 Å². The summed E-state index contributed by atoms with van der Waals surface area (Å²) >= 11 is 7.20. The van der Waals surface area contributed by atoms with E-state index in [4.69, 9.17) is 21.1 Å². The lowest BCUT2D eigenvalue weighted by molar-refractivity contribution is -0.122. The zero-order chi connectivity index (χ0) is 18.5. The molecule has 0 aliphatic rings. The Morgan fingerprint density at radius 2 is 1.77 bits per heavy atom. The van der Waals surface area contributed by atoms with Gasteiger partial charge in [-0.05, 0) is 55.5 Å². The molecule has 0 fully saturated rings. The molecule has 5 nitrogen and oxygen atoms in total. The minimum absolute atomic E-state index is 0.268. The van der Waals surface area contributed by atoms with Gasteiger partial charge in [0, 0.05) is 16.0 Å². The minimum Gasteiger partial charge on any atom is -0.497 e. The summed E-state index contributed by atoms with van der Waals surface area (Å²) in [6.45, 7) is 1.68. The Hall–Kier alpha value is -2.57. The Morgan fingerprint density at radius 1 is 1.12 bits per heavy atom. The van der Waals surface area contributed by atoms with Gasteiger partial charge in [-0.2, -0.15) is 0 Å². The van der Waals surface area contributed by atoms with E-state index in [1.165, 1.54) is 11.3 Å². The van der Waals surface area contributed by atoms with E-state index in [0.29, 0.717) is 15.9 Å². The standard InChI is InChI=1S/C19H17ClN2O3S/c1-12(25-16-9-5-14(20)6-10-16)18(23)22-19-21-17(11-26-19)13-3-7-15(24-2)8-4-13/h3-12H,1-2H3,(H,21,22,23)/t12-/m0/s1. The summed E-state index contributed by atoms with van der Waals surface area (Å²) in [5.74, 6) is 1.09. The van der Waals surface area contributed by atoms with Crippen LogP contribution in [0.2, 0.25) is 5.02 Å². The highest BCUT2D eigenvalue weighted by Gasteiger charge is 2.16. The predicted molar refractivity (Wildman–Crippen MR) is 104 cm³/mol. The average Bonchev–Trinajstić information content (AvgIpc) is 3.12. The second-order valence-electron chi connectivity index (χ2n) is 5.47. The van der Waals surface area contributed by atoms with Crippen molar-refractivity contribution in [3.05, 3.63) is 58.9 Å². The monoisotopic (exact) mass is 388 g/mol. The van der Waals surface area contributed by atoms with Crippen LogP contribution in [0.4, 0.5) is 5.13 Å². The predicted octanol–water partition coefficient (Wildman–Crippen LogP) is 4.88. The summed E-state index contributed by atoms with van der Waals surface area (Å²) in [4.78, 5) is 16.8. The first-order chi connectivity index (χ1) is 12.5. The topological polar surface area (TPSA) is 60.5 Å². The van der Waals surface area contributed by atoms with Crippen LogP contribution >= 0.6 is 22.9 Å². The van der Waals surface area contributed by atoms with E-state index in [9.17, 15) is 4.79 Å². The van der Waals surface area contributed by atoms with Crippen LogP contribution < -0.4 is 14.8 Å². The molecule has 0 saturated carbocycles. The van der Waals surface area contributed by atoms with Crippen LogP contribution in [0.3, 0.4) is 0 Å². The molecule has 7 heteroatoms. The van der Waals surface area contributed by atoms with Gasteiger partial charge in [-0.15, -0.1) is 11.3 Å². The molecule has 1 amide bonds. The maximum absolute atomic E-state index is 12.3. The van der Waals surface area contributed by atoms with E-state index in [1.807, 2.05) is 29.6 Å². The molecule has 1 N–H and O–H groups in total. The molecule has 134 valence electrons. The summed E-state index contributed by atoms with van der Waals surface area (Å²) in [5.41, 5.74) is 1.74. The van der Waals surface area contributed by atoms with E-state index >= 15 is 0 Å². The molecule has 0 radical (unpaired) electrons. The smallest absolute Gasteiger partial charge is 0.266 e. The second-order valence-corrected chi connectivity index (χ2v) is 6.76. The molecule has 0 spiro atoms. The van der Waals surface area contributed by atoms with E-state index in [-0.39, 0.29) is 5.91 Å². The lowest BCUT2D eigenvalue weighted by atomic mass is 10.2. The zero-order valence-electron chi connectivity index (χ0n) is 14.2. The van der Waals surface area contributed by atoms with Crippen molar-refractivity contribution in [2.24, 2.45) is 0 Å². The summed E-state index contributed by atoms with van der Waals surface area (Å²) in [6.07, 6.45) is -0.662. The van der Waals surface area contributed by atoms with E-state index in [0.717, 1.165) is 17.0 Å². The molecule has 0 aliphatic carbocycles. The van der Waals surface area contributed by atoms with Gasteiger partial charge < -0.3 is 9.47 Å². The number of halogens is 1. The quantitative estimate of drug-likeness (QED) is 0.653. The molecule has 3 aromatic rings. The SMILES string of the molecule is COc1ccc(-c2csc(NC(=O)[C@H](C)Oc3ccc(Cl)cc3)n2)cc1. The number of nitrogens with one attached hydrogen (secondary N) is 1. The summed E-state index contributed by atoms with van der Waals surface area (Å²) in [5, 5.41) is 5.80. The van der Waals surface area contributed by atoms with Gasteiger partial charge in [0.05, 0.1) is 12.8 Å².